The molecule has 2 heteroatoms. The molecule has 0 heterocycles. The first-order valence-electron chi connectivity index (χ1n) is 11.8. The summed E-state index contributed by atoms with van der Waals surface area (Å²) < 4.78 is 0. The molecule has 0 saturated carbocycles. The van der Waals surface area contributed by atoms with Crippen LogP contribution in [0.2, 0.25) is 0 Å². The van der Waals surface area contributed by atoms with Gasteiger partial charge < -0.3 is 0 Å². The lowest BCUT2D eigenvalue weighted by Gasteiger charge is -2.23. The van der Waals surface area contributed by atoms with Crippen LogP contribution >= 0.6 is 0 Å². The van der Waals surface area contributed by atoms with Gasteiger partial charge in [0, 0.05) is 16.7 Å². The third kappa shape index (κ3) is 4.90. The van der Waals surface area contributed by atoms with Crippen LogP contribution in [0.1, 0.15) is 70.2 Å². The predicted molar refractivity (Wildman–Crippen MR) is 146 cm³/mol. The molecule has 1 unspecified atom stereocenters. The molecular formula is C31H36N2. The van der Waals surface area contributed by atoms with Gasteiger partial charge in [0.05, 0.1) is 5.70 Å². The van der Waals surface area contributed by atoms with Crippen LogP contribution in [-0.4, -0.2) is 11.5 Å². The third-order valence-corrected chi connectivity index (χ3v) is 6.70. The molecule has 0 spiro atoms. The summed E-state index contributed by atoms with van der Waals surface area (Å²) in [5.41, 5.74) is 8.70. The fourth-order valence-corrected chi connectivity index (χ4v) is 4.32. The van der Waals surface area contributed by atoms with Crippen LogP contribution in [0.15, 0.2) is 95.5 Å². The first kappa shape index (κ1) is 24.4. The lowest BCUT2D eigenvalue weighted by molar-refractivity contribution is 0.654. The van der Waals surface area contributed by atoms with Gasteiger partial charge in [-0.1, -0.05) is 102 Å². The molecule has 1 aliphatic carbocycles. The normalized spacial score (nSPS) is 16.8. The molecule has 0 bridgehead atoms. The summed E-state index contributed by atoms with van der Waals surface area (Å²) in [6.07, 6.45) is 7.30. The Kier molecular flexibility index (Phi) is 7.48. The van der Waals surface area contributed by atoms with E-state index < -0.39 is 0 Å². The zero-order valence-corrected chi connectivity index (χ0v) is 20.9. The third-order valence-electron chi connectivity index (χ3n) is 6.70. The molecule has 0 aliphatic heterocycles. The number of amidine groups is 1. The molecule has 0 amide bonds. The van der Waals surface area contributed by atoms with Gasteiger partial charge in [0.2, 0.25) is 0 Å². The maximum Gasteiger partial charge on any atom is 0.159 e. The summed E-state index contributed by atoms with van der Waals surface area (Å²) in [6, 6.07) is 16.7. The van der Waals surface area contributed by atoms with E-state index in [-0.39, 0.29) is 5.41 Å². The van der Waals surface area contributed by atoms with Crippen molar-refractivity contribution in [3.05, 3.63) is 108 Å². The monoisotopic (exact) mass is 436 g/mol. The van der Waals surface area contributed by atoms with Gasteiger partial charge in [-0.15, -0.1) is 0 Å². The SMILES string of the molecule is C=CC1=C(/C=C\C)c2ccc(C(=C)/N=C(\N=C(\C)C(C)CC)c3ccccc3)cc2C1(C)C. The van der Waals surface area contributed by atoms with Crippen molar-refractivity contribution in [1.82, 2.24) is 0 Å². The van der Waals surface area contributed by atoms with Gasteiger partial charge in [-0.2, -0.15) is 0 Å². The minimum Gasteiger partial charge on any atom is -0.238 e. The largest absolute Gasteiger partial charge is 0.238 e. The standard InChI is InChI=1S/C31H36N2/c1-9-15-26-27-19-18-25(20-29(27)31(7,8)28(26)11-3)23(6)33-30(24-16-13-12-14-17-24)32-22(5)21(4)10-2/h9,11-21H,3,6,10H2,1-2,4-5,7-8H3/b15-9-,32-22-,33-30-. The molecule has 0 N–H and O–H groups in total. The Morgan fingerprint density at radius 3 is 2.36 bits per heavy atom. The maximum absolute atomic E-state index is 4.93. The molecule has 2 aromatic carbocycles. The Balaban J connectivity index is 2.07. The van der Waals surface area contributed by atoms with E-state index in [1.807, 2.05) is 24.3 Å². The van der Waals surface area contributed by atoms with Crippen molar-refractivity contribution in [2.45, 2.75) is 53.4 Å². The van der Waals surface area contributed by atoms with Crippen LogP contribution in [-0.2, 0) is 5.41 Å². The fourth-order valence-electron chi connectivity index (χ4n) is 4.32. The van der Waals surface area contributed by atoms with E-state index in [0.717, 1.165) is 23.3 Å². The molecule has 170 valence electrons. The molecule has 1 atom stereocenters. The average Bonchev–Trinajstić information content (AvgIpc) is 3.03. The highest BCUT2D eigenvalue weighted by Crippen LogP contribution is 2.47. The summed E-state index contributed by atoms with van der Waals surface area (Å²) >= 11 is 0. The topological polar surface area (TPSA) is 24.7 Å². The molecule has 1 aliphatic rings. The zero-order valence-electron chi connectivity index (χ0n) is 20.9. The first-order chi connectivity index (χ1) is 15.7. The minimum absolute atomic E-state index is 0.126. The summed E-state index contributed by atoms with van der Waals surface area (Å²) in [4.78, 5) is 9.85. The summed E-state index contributed by atoms with van der Waals surface area (Å²) in [5, 5.41) is 0. The summed E-state index contributed by atoms with van der Waals surface area (Å²) in [5.74, 6) is 1.11. The lowest BCUT2D eigenvalue weighted by atomic mass is 9.80. The number of aliphatic imine (C=N–C) groups is 2. The Bertz CT molecular complexity index is 1170. The van der Waals surface area contributed by atoms with Crippen molar-refractivity contribution in [3.8, 4) is 0 Å². The highest BCUT2D eigenvalue weighted by Gasteiger charge is 2.35. The lowest BCUT2D eigenvalue weighted by Crippen LogP contribution is -2.16. The van der Waals surface area contributed by atoms with Gasteiger partial charge in [0.15, 0.2) is 5.84 Å². The van der Waals surface area contributed by atoms with E-state index in [4.69, 9.17) is 9.98 Å². The second-order valence-corrected chi connectivity index (χ2v) is 9.23. The number of rotatable bonds is 7. The van der Waals surface area contributed by atoms with Crippen molar-refractivity contribution < 1.29 is 0 Å². The minimum atomic E-state index is -0.126. The molecule has 3 rings (SSSR count). The van der Waals surface area contributed by atoms with E-state index in [2.05, 4.69) is 97.2 Å². The summed E-state index contributed by atoms with van der Waals surface area (Å²) in [7, 11) is 0. The Morgan fingerprint density at radius 1 is 1.06 bits per heavy atom. The number of benzene rings is 2. The molecule has 0 aromatic heterocycles. The molecule has 0 fully saturated rings. The van der Waals surface area contributed by atoms with Crippen molar-refractivity contribution in [1.29, 1.82) is 0 Å². The highest BCUT2D eigenvalue weighted by atomic mass is 14.9. The van der Waals surface area contributed by atoms with Gasteiger partial charge in [0.25, 0.3) is 0 Å². The molecular weight excluding hydrogens is 400 g/mol. The summed E-state index contributed by atoms with van der Waals surface area (Å²) in [6.45, 7) is 21.4. The van der Waals surface area contributed by atoms with Crippen molar-refractivity contribution in [2.75, 3.05) is 0 Å². The maximum atomic E-state index is 4.93. The number of hydrogen-bond donors (Lipinski definition) is 0. The molecule has 0 radical (unpaired) electrons. The quantitative estimate of drug-likeness (QED) is 0.307. The zero-order chi connectivity index (χ0) is 24.2. The molecule has 2 nitrogen and oxygen atoms in total. The van der Waals surface area contributed by atoms with Gasteiger partial charge in [-0.05, 0) is 60.1 Å². The van der Waals surface area contributed by atoms with Crippen molar-refractivity contribution in [3.63, 3.8) is 0 Å². The number of hydrogen-bond acceptors (Lipinski definition) is 1. The first-order valence-corrected chi connectivity index (χ1v) is 11.8. The Hall–Kier alpha value is -3.26. The predicted octanol–water partition coefficient (Wildman–Crippen LogP) is 8.42. The van der Waals surface area contributed by atoms with Gasteiger partial charge in [-0.25, -0.2) is 9.98 Å². The second kappa shape index (κ2) is 10.1. The second-order valence-electron chi connectivity index (χ2n) is 9.23. The van der Waals surface area contributed by atoms with Crippen LogP contribution in [0, 0.1) is 5.92 Å². The van der Waals surface area contributed by atoms with Crippen molar-refractivity contribution in [2.24, 2.45) is 15.9 Å². The average molecular weight is 437 g/mol. The van der Waals surface area contributed by atoms with Crippen LogP contribution in [0.3, 0.4) is 0 Å². The van der Waals surface area contributed by atoms with E-state index in [9.17, 15) is 0 Å². The number of nitrogens with zero attached hydrogens (tertiary/aromatic N) is 2. The van der Waals surface area contributed by atoms with Crippen LogP contribution in [0.4, 0.5) is 0 Å². The highest BCUT2D eigenvalue weighted by molar-refractivity contribution is 6.08. The smallest absolute Gasteiger partial charge is 0.159 e. The van der Waals surface area contributed by atoms with E-state index in [1.165, 1.54) is 22.3 Å². The fraction of sp³-hybridized carbons (Fsp3) is 0.290. The molecule has 33 heavy (non-hydrogen) atoms. The van der Waals surface area contributed by atoms with Gasteiger partial charge in [-0.3, -0.25) is 0 Å². The van der Waals surface area contributed by atoms with Gasteiger partial charge >= 0.3 is 0 Å². The van der Waals surface area contributed by atoms with E-state index in [0.29, 0.717) is 17.5 Å². The molecule has 0 saturated heterocycles. The Labute approximate surface area is 199 Å². The van der Waals surface area contributed by atoms with Crippen LogP contribution < -0.4 is 0 Å². The van der Waals surface area contributed by atoms with Crippen molar-refractivity contribution >= 4 is 22.8 Å². The Morgan fingerprint density at radius 2 is 1.76 bits per heavy atom. The molecule has 2 aromatic rings. The number of allylic oxidation sites excluding steroid dienone is 5. The van der Waals surface area contributed by atoms with E-state index >= 15 is 0 Å². The van der Waals surface area contributed by atoms with Crippen LogP contribution in [0.5, 0.6) is 0 Å². The number of fused-ring (bicyclic) bond motifs is 1. The van der Waals surface area contributed by atoms with Gasteiger partial charge in [0.1, 0.15) is 0 Å². The van der Waals surface area contributed by atoms with E-state index in [1.54, 1.807) is 0 Å². The van der Waals surface area contributed by atoms with Crippen LogP contribution in [0.25, 0.3) is 11.3 Å².